The van der Waals surface area contributed by atoms with Crippen molar-refractivity contribution in [3.8, 4) is 0 Å². The normalized spacial score (nSPS) is 10.5. The number of nitrogens with two attached hydrogens (primary N) is 1. The molecule has 3 aromatic carbocycles. The summed E-state index contributed by atoms with van der Waals surface area (Å²) in [6.45, 7) is 0.0843. The van der Waals surface area contributed by atoms with Gasteiger partial charge in [0.05, 0.1) is 21.6 Å². The summed E-state index contributed by atoms with van der Waals surface area (Å²) in [5.41, 5.74) is 9.23. The maximum Gasteiger partial charge on any atom is 0.305 e. The smallest absolute Gasteiger partial charge is 0.305 e. The summed E-state index contributed by atoms with van der Waals surface area (Å²) in [6.07, 6.45) is 1.43. The Morgan fingerprint density at radius 2 is 1.66 bits per heavy atom. The summed E-state index contributed by atoms with van der Waals surface area (Å²) in [6, 6.07) is 22.1. The van der Waals surface area contributed by atoms with Crippen molar-refractivity contribution >= 4 is 57.4 Å². The van der Waals surface area contributed by atoms with Gasteiger partial charge in [-0.05, 0) is 42.3 Å². The van der Waals surface area contributed by atoms with Gasteiger partial charge in [0.15, 0.2) is 0 Å². The van der Waals surface area contributed by atoms with Gasteiger partial charge in [0.25, 0.3) is 5.91 Å². The van der Waals surface area contributed by atoms with E-state index in [0.717, 1.165) is 33.6 Å². The van der Waals surface area contributed by atoms with E-state index < -0.39 is 5.97 Å². The van der Waals surface area contributed by atoms with Crippen LogP contribution in [0, 0.1) is 5.41 Å². The van der Waals surface area contributed by atoms with E-state index in [2.05, 4.69) is 0 Å². The number of para-hydroxylation sites is 1. The summed E-state index contributed by atoms with van der Waals surface area (Å²) in [7, 11) is 0. The number of aryl methyl sites for hydroxylation is 2. The molecule has 0 fully saturated rings. The van der Waals surface area contributed by atoms with E-state index in [-0.39, 0.29) is 37.1 Å². The highest BCUT2D eigenvalue weighted by molar-refractivity contribution is 7.18. The lowest BCUT2D eigenvalue weighted by Gasteiger charge is -2.22. The summed E-state index contributed by atoms with van der Waals surface area (Å²) in [4.78, 5) is 30.6. The van der Waals surface area contributed by atoms with Crippen molar-refractivity contribution in [3.05, 3.63) is 94.5 Å². The molecule has 35 heavy (non-hydrogen) atoms. The van der Waals surface area contributed by atoms with Gasteiger partial charge in [0, 0.05) is 29.8 Å². The zero-order valence-electron chi connectivity index (χ0n) is 18.8. The second-order valence-electron chi connectivity index (χ2n) is 7.84. The average Bonchev–Trinajstić information content (AvgIpc) is 3.25. The number of amides is 1. The number of nitrogen functional groups attached to an aromatic ring is 1. The molecule has 4 N–H and O–H groups in total. The highest BCUT2D eigenvalue weighted by Gasteiger charge is 2.19. The lowest BCUT2D eigenvalue weighted by atomic mass is 10.1. The molecule has 0 atom stereocenters. The number of carboxylic acids is 1. The first-order valence-corrected chi connectivity index (χ1v) is 11.6. The minimum absolute atomic E-state index is 0. The highest BCUT2D eigenvalue weighted by atomic mass is 35.5. The zero-order valence-corrected chi connectivity index (χ0v) is 20.4. The van der Waals surface area contributed by atoms with Gasteiger partial charge in [-0.15, -0.1) is 23.7 Å². The topological polar surface area (TPSA) is 120 Å². The summed E-state index contributed by atoms with van der Waals surface area (Å²) >= 11 is 1.60. The third-order valence-electron chi connectivity index (χ3n) is 5.43. The van der Waals surface area contributed by atoms with Crippen molar-refractivity contribution in [1.29, 1.82) is 5.41 Å². The van der Waals surface area contributed by atoms with E-state index in [1.165, 1.54) is 4.90 Å². The van der Waals surface area contributed by atoms with Crippen LogP contribution in [-0.4, -0.2) is 34.3 Å². The van der Waals surface area contributed by atoms with Crippen LogP contribution in [-0.2, 0) is 17.6 Å². The van der Waals surface area contributed by atoms with Crippen LogP contribution in [0.15, 0.2) is 72.8 Å². The lowest BCUT2D eigenvalue weighted by molar-refractivity contribution is -0.136. The van der Waals surface area contributed by atoms with Gasteiger partial charge in [-0.25, -0.2) is 4.98 Å². The number of fused-ring (bicyclic) bond motifs is 1. The molecule has 9 heteroatoms. The third-order valence-corrected chi connectivity index (χ3v) is 6.53. The first-order valence-electron chi connectivity index (χ1n) is 10.8. The SMILES string of the molecule is Cl.N=C(N)c1ccc(CCc2nc3cc(C(=O)N(CCC(=O)O)c4ccccc4)ccc3s2)cc1. The van der Waals surface area contributed by atoms with E-state index >= 15 is 0 Å². The molecule has 1 amide bonds. The average molecular weight is 509 g/mol. The molecule has 4 aromatic rings. The van der Waals surface area contributed by atoms with Crippen LogP contribution in [0.1, 0.15) is 32.9 Å². The molecule has 4 rings (SSSR count). The van der Waals surface area contributed by atoms with Gasteiger partial charge in [-0.3, -0.25) is 15.0 Å². The van der Waals surface area contributed by atoms with Crippen LogP contribution in [0.5, 0.6) is 0 Å². The van der Waals surface area contributed by atoms with Crippen molar-refractivity contribution in [2.75, 3.05) is 11.4 Å². The first-order chi connectivity index (χ1) is 16.4. The minimum atomic E-state index is -0.954. The number of nitrogens with one attached hydrogen (secondary N) is 1. The Bertz CT molecular complexity index is 1340. The van der Waals surface area contributed by atoms with Crippen molar-refractivity contribution in [2.45, 2.75) is 19.3 Å². The Kier molecular flexibility index (Phi) is 8.57. The molecule has 1 heterocycles. The van der Waals surface area contributed by atoms with Gasteiger partial charge in [-0.2, -0.15) is 0 Å². The Balaban J connectivity index is 0.00000342. The summed E-state index contributed by atoms with van der Waals surface area (Å²) in [5.74, 6) is -1.16. The third kappa shape index (κ3) is 6.44. The number of benzene rings is 3. The zero-order chi connectivity index (χ0) is 24.1. The number of hydrogen-bond acceptors (Lipinski definition) is 5. The fourth-order valence-corrected chi connectivity index (χ4v) is 4.58. The van der Waals surface area contributed by atoms with Gasteiger partial charge < -0.3 is 15.7 Å². The Labute approximate surface area is 213 Å². The van der Waals surface area contributed by atoms with E-state index in [1.54, 1.807) is 35.6 Å². The number of rotatable bonds is 9. The second-order valence-corrected chi connectivity index (χ2v) is 8.95. The molecule has 0 spiro atoms. The Morgan fingerprint density at radius 1 is 0.971 bits per heavy atom. The molecule has 0 bridgehead atoms. The highest BCUT2D eigenvalue weighted by Crippen LogP contribution is 2.26. The summed E-state index contributed by atoms with van der Waals surface area (Å²) < 4.78 is 0.996. The molecule has 0 saturated heterocycles. The van der Waals surface area contributed by atoms with E-state index in [1.807, 2.05) is 48.5 Å². The van der Waals surface area contributed by atoms with Gasteiger partial charge in [-0.1, -0.05) is 42.5 Å². The molecule has 1 aromatic heterocycles. The van der Waals surface area contributed by atoms with E-state index in [9.17, 15) is 9.59 Å². The number of carbonyl (C=O) groups excluding carboxylic acids is 1. The fourth-order valence-electron chi connectivity index (χ4n) is 3.64. The predicted octanol–water partition coefficient (Wildman–Crippen LogP) is 4.91. The molecular formula is C26H25ClN4O3S. The van der Waals surface area contributed by atoms with Crippen LogP contribution in [0.4, 0.5) is 5.69 Å². The van der Waals surface area contributed by atoms with Gasteiger partial charge in [0.2, 0.25) is 0 Å². The number of aromatic nitrogens is 1. The molecule has 180 valence electrons. The maximum atomic E-state index is 13.3. The molecule has 0 unspecified atom stereocenters. The Morgan fingerprint density at radius 3 is 2.31 bits per heavy atom. The Hall–Kier alpha value is -3.75. The molecule has 0 saturated carbocycles. The van der Waals surface area contributed by atoms with E-state index in [0.29, 0.717) is 16.8 Å². The standard InChI is InChI=1S/C26H24N4O3S.ClH/c27-25(28)18-9-6-17(7-10-18)8-13-23-29-21-16-19(11-12-22(21)34-23)26(33)30(15-14-24(31)32)20-4-2-1-3-5-20;/h1-7,9-12,16H,8,13-15H2,(H3,27,28)(H,31,32);1H. The number of anilines is 1. The summed E-state index contributed by atoms with van der Waals surface area (Å²) in [5, 5.41) is 17.6. The largest absolute Gasteiger partial charge is 0.481 e. The quantitative estimate of drug-likeness (QED) is 0.219. The second kappa shape index (κ2) is 11.6. The maximum absolute atomic E-state index is 13.3. The number of hydrogen-bond donors (Lipinski definition) is 3. The number of halogens is 1. The van der Waals surface area contributed by atoms with Crippen LogP contribution >= 0.6 is 23.7 Å². The molecule has 7 nitrogen and oxygen atoms in total. The van der Waals surface area contributed by atoms with Crippen LogP contribution in [0.2, 0.25) is 0 Å². The number of nitrogens with zero attached hydrogens (tertiary/aromatic N) is 2. The number of thiazole rings is 1. The van der Waals surface area contributed by atoms with Gasteiger partial charge >= 0.3 is 5.97 Å². The molecule has 0 aliphatic rings. The van der Waals surface area contributed by atoms with Crippen molar-refractivity contribution in [1.82, 2.24) is 4.98 Å². The fraction of sp³-hybridized carbons (Fsp3) is 0.154. The van der Waals surface area contributed by atoms with Crippen molar-refractivity contribution in [3.63, 3.8) is 0 Å². The van der Waals surface area contributed by atoms with Crippen LogP contribution in [0.3, 0.4) is 0 Å². The lowest BCUT2D eigenvalue weighted by Crippen LogP contribution is -2.33. The number of carbonyl (C=O) groups is 2. The number of carboxylic acid groups (broad SMARTS) is 1. The van der Waals surface area contributed by atoms with Gasteiger partial charge in [0.1, 0.15) is 5.84 Å². The molecular weight excluding hydrogens is 484 g/mol. The van der Waals surface area contributed by atoms with E-state index in [4.69, 9.17) is 21.2 Å². The number of aliphatic carboxylic acids is 1. The molecule has 0 aliphatic heterocycles. The predicted molar refractivity (Wildman–Crippen MR) is 142 cm³/mol. The minimum Gasteiger partial charge on any atom is -0.481 e. The number of amidine groups is 1. The van der Waals surface area contributed by atoms with Crippen molar-refractivity contribution in [2.24, 2.45) is 5.73 Å². The molecule has 0 aliphatic carbocycles. The first kappa shape index (κ1) is 25.9. The molecule has 0 radical (unpaired) electrons. The van der Waals surface area contributed by atoms with Crippen molar-refractivity contribution < 1.29 is 14.7 Å². The van der Waals surface area contributed by atoms with Crippen LogP contribution in [0.25, 0.3) is 10.2 Å². The van der Waals surface area contributed by atoms with Crippen LogP contribution < -0.4 is 10.6 Å². The monoisotopic (exact) mass is 508 g/mol.